The van der Waals surface area contributed by atoms with Crippen LogP contribution in [0.5, 0.6) is 5.75 Å². The second-order valence-corrected chi connectivity index (χ2v) is 4.79. The average Bonchev–Trinajstić information content (AvgIpc) is 2.37. The molecule has 1 aromatic carbocycles. The second-order valence-electron chi connectivity index (χ2n) is 4.79. The number of hydrogen-bond donors (Lipinski definition) is 1. The number of nitrogens with one attached hydrogen (secondary N) is 1. The van der Waals surface area contributed by atoms with Crippen molar-refractivity contribution in [3.63, 3.8) is 0 Å². The van der Waals surface area contributed by atoms with E-state index in [1.165, 1.54) is 0 Å². The largest absolute Gasteiger partial charge is 0.491 e. The van der Waals surface area contributed by atoms with Crippen LogP contribution in [0.4, 0.5) is 5.69 Å². The molecule has 0 radical (unpaired) electrons. The Labute approximate surface area is 110 Å². The standard InChI is InChI=1S/C15H25NO2/c1-5-10-18-15-9-7-6-8-13(15)16-14(11-17-4)12(2)3/h6-9,12,14,16H,5,10-11H2,1-4H3. The Balaban J connectivity index is 2.74. The van der Waals surface area contributed by atoms with Gasteiger partial charge in [0.2, 0.25) is 0 Å². The summed E-state index contributed by atoms with van der Waals surface area (Å²) < 4.78 is 11.0. The van der Waals surface area contributed by atoms with Gasteiger partial charge in [0.05, 0.1) is 24.9 Å². The maximum absolute atomic E-state index is 5.74. The molecule has 0 amide bonds. The van der Waals surface area contributed by atoms with E-state index < -0.39 is 0 Å². The minimum atomic E-state index is 0.293. The van der Waals surface area contributed by atoms with E-state index in [1.807, 2.05) is 18.2 Å². The van der Waals surface area contributed by atoms with Crippen LogP contribution < -0.4 is 10.1 Å². The van der Waals surface area contributed by atoms with E-state index in [0.29, 0.717) is 18.6 Å². The van der Waals surface area contributed by atoms with Gasteiger partial charge in [0.15, 0.2) is 0 Å². The van der Waals surface area contributed by atoms with Crippen LogP contribution in [-0.4, -0.2) is 26.4 Å². The molecule has 102 valence electrons. The summed E-state index contributed by atoms with van der Waals surface area (Å²) in [5.41, 5.74) is 1.04. The molecule has 1 aromatic rings. The maximum Gasteiger partial charge on any atom is 0.142 e. The van der Waals surface area contributed by atoms with Crippen LogP contribution in [0, 0.1) is 5.92 Å². The van der Waals surface area contributed by atoms with Crippen molar-refractivity contribution >= 4 is 5.69 Å². The van der Waals surface area contributed by atoms with Crippen molar-refractivity contribution in [3.05, 3.63) is 24.3 Å². The molecule has 0 aromatic heterocycles. The number of para-hydroxylation sites is 2. The van der Waals surface area contributed by atoms with Gasteiger partial charge in [-0.2, -0.15) is 0 Å². The highest BCUT2D eigenvalue weighted by Gasteiger charge is 2.14. The number of ether oxygens (including phenoxy) is 2. The highest BCUT2D eigenvalue weighted by molar-refractivity contribution is 5.56. The molecule has 0 fully saturated rings. The van der Waals surface area contributed by atoms with Crippen LogP contribution >= 0.6 is 0 Å². The summed E-state index contributed by atoms with van der Waals surface area (Å²) in [5.74, 6) is 1.42. The number of methoxy groups -OCH3 is 1. The van der Waals surface area contributed by atoms with E-state index in [4.69, 9.17) is 9.47 Å². The van der Waals surface area contributed by atoms with Crippen LogP contribution in [-0.2, 0) is 4.74 Å². The Hall–Kier alpha value is -1.22. The van der Waals surface area contributed by atoms with Crippen molar-refractivity contribution in [2.24, 2.45) is 5.92 Å². The van der Waals surface area contributed by atoms with E-state index in [1.54, 1.807) is 7.11 Å². The minimum absolute atomic E-state index is 0.293. The third kappa shape index (κ3) is 4.57. The van der Waals surface area contributed by atoms with Crippen molar-refractivity contribution in [2.45, 2.75) is 33.2 Å². The SMILES string of the molecule is CCCOc1ccccc1NC(COC)C(C)C. The highest BCUT2D eigenvalue weighted by Crippen LogP contribution is 2.25. The van der Waals surface area contributed by atoms with Gasteiger partial charge in [-0.15, -0.1) is 0 Å². The summed E-state index contributed by atoms with van der Waals surface area (Å²) in [6.45, 7) is 7.92. The Kier molecular flexibility index (Phi) is 6.58. The number of anilines is 1. The first-order valence-corrected chi connectivity index (χ1v) is 6.66. The molecule has 18 heavy (non-hydrogen) atoms. The predicted octanol–water partition coefficient (Wildman–Crippen LogP) is 3.56. The summed E-state index contributed by atoms with van der Waals surface area (Å²) >= 11 is 0. The van der Waals surface area contributed by atoms with Crippen LogP contribution in [0.2, 0.25) is 0 Å². The van der Waals surface area contributed by atoms with Gasteiger partial charge in [-0.05, 0) is 24.5 Å². The molecule has 1 rings (SSSR count). The molecule has 1 atom stereocenters. The second kappa shape index (κ2) is 7.98. The fourth-order valence-electron chi connectivity index (χ4n) is 1.70. The molecule has 1 N–H and O–H groups in total. The van der Waals surface area contributed by atoms with Crippen LogP contribution in [0.3, 0.4) is 0 Å². The number of rotatable bonds is 8. The minimum Gasteiger partial charge on any atom is -0.491 e. The Morgan fingerprint density at radius 1 is 1.22 bits per heavy atom. The zero-order valence-electron chi connectivity index (χ0n) is 11.9. The average molecular weight is 251 g/mol. The van der Waals surface area contributed by atoms with Crippen LogP contribution in [0.1, 0.15) is 27.2 Å². The molecule has 0 spiro atoms. The van der Waals surface area contributed by atoms with Crippen molar-refractivity contribution in [3.8, 4) is 5.75 Å². The van der Waals surface area contributed by atoms with Gasteiger partial charge in [-0.1, -0.05) is 32.9 Å². The van der Waals surface area contributed by atoms with Gasteiger partial charge in [0.1, 0.15) is 5.75 Å². The third-order valence-electron chi connectivity index (χ3n) is 2.84. The molecule has 1 unspecified atom stereocenters. The number of hydrogen-bond acceptors (Lipinski definition) is 3. The van der Waals surface area contributed by atoms with E-state index in [0.717, 1.165) is 24.5 Å². The summed E-state index contributed by atoms with van der Waals surface area (Å²) in [7, 11) is 1.73. The van der Waals surface area contributed by atoms with Crippen molar-refractivity contribution in [1.82, 2.24) is 0 Å². The Bertz CT molecular complexity index is 339. The van der Waals surface area contributed by atoms with Gasteiger partial charge in [0, 0.05) is 7.11 Å². The first-order chi connectivity index (χ1) is 8.69. The van der Waals surface area contributed by atoms with Gasteiger partial charge in [-0.25, -0.2) is 0 Å². The molecule has 3 nitrogen and oxygen atoms in total. The molecule has 0 saturated carbocycles. The summed E-state index contributed by atoms with van der Waals surface area (Å²) in [4.78, 5) is 0. The molecule has 0 aliphatic rings. The molecule has 0 aliphatic heterocycles. The van der Waals surface area contributed by atoms with Gasteiger partial charge < -0.3 is 14.8 Å². The van der Waals surface area contributed by atoms with Gasteiger partial charge in [0.25, 0.3) is 0 Å². The van der Waals surface area contributed by atoms with E-state index in [-0.39, 0.29) is 0 Å². The topological polar surface area (TPSA) is 30.5 Å². The number of benzene rings is 1. The molecular weight excluding hydrogens is 226 g/mol. The lowest BCUT2D eigenvalue weighted by atomic mass is 10.0. The van der Waals surface area contributed by atoms with Crippen LogP contribution in [0.25, 0.3) is 0 Å². The Morgan fingerprint density at radius 3 is 2.56 bits per heavy atom. The fraction of sp³-hybridized carbons (Fsp3) is 0.600. The zero-order valence-corrected chi connectivity index (χ0v) is 11.9. The summed E-state index contributed by atoms with van der Waals surface area (Å²) in [6.07, 6.45) is 1.01. The third-order valence-corrected chi connectivity index (χ3v) is 2.84. The van der Waals surface area contributed by atoms with Crippen molar-refractivity contribution < 1.29 is 9.47 Å². The normalized spacial score (nSPS) is 12.5. The molecule has 0 bridgehead atoms. The lowest BCUT2D eigenvalue weighted by Crippen LogP contribution is -2.30. The summed E-state index contributed by atoms with van der Waals surface area (Å²) in [6, 6.07) is 8.36. The van der Waals surface area contributed by atoms with Crippen molar-refractivity contribution in [2.75, 3.05) is 25.6 Å². The lowest BCUT2D eigenvalue weighted by molar-refractivity contribution is 0.171. The van der Waals surface area contributed by atoms with E-state index in [2.05, 4.69) is 32.2 Å². The molecular formula is C15H25NO2. The quantitative estimate of drug-likeness (QED) is 0.766. The first kappa shape index (κ1) is 14.8. The fourth-order valence-corrected chi connectivity index (χ4v) is 1.70. The van der Waals surface area contributed by atoms with Gasteiger partial charge >= 0.3 is 0 Å². The van der Waals surface area contributed by atoms with Gasteiger partial charge in [-0.3, -0.25) is 0 Å². The Morgan fingerprint density at radius 2 is 1.94 bits per heavy atom. The zero-order chi connectivity index (χ0) is 13.4. The van der Waals surface area contributed by atoms with E-state index in [9.17, 15) is 0 Å². The maximum atomic E-state index is 5.74. The lowest BCUT2D eigenvalue weighted by Gasteiger charge is -2.24. The molecule has 0 saturated heterocycles. The predicted molar refractivity (Wildman–Crippen MR) is 76.4 cm³/mol. The highest BCUT2D eigenvalue weighted by atomic mass is 16.5. The first-order valence-electron chi connectivity index (χ1n) is 6.66. The monoisotopic (exact) mass is 251 g/mol. The molecule has 3 heteroatoms. The smallest absolute Gasteiger partial charge is 0.142 e. The summed E-state index contributed by atoms with van der Waals surface area (Å²) in [5, 5.41) is 3.51. The molecule has 0 heterocycles. The molecule has 0 aliphatic carbocycles. The van der Waals surface area contributed by atoms with Crippen molar-refractivity contribution in [1.29, 1.82) is 0 Å². The van der Waals surface area contributed by atoms with Crippen LogP contribution in [0.15, 0.2) is 24.3 Å². The van der Waals surface area contributed by atoms with E-state index >= 15 is 0 Å².